The van der Waals surface area contributed by atoms with Crippen molar-refractivity contribution in [3.63, 3.8) is 0 Å². The fourth-order valence-corrected chi connectivity index (χ4v) is 16.6. The molecule has 6 aliphatic rings. The van der Waals surface area contributed by atoms with Crippen LogP contribution >= 0.6 is 7.60 Å². The number of sulfone groups is 1. The first kappa shape index (κ1) is 47.1. The molecule has 12 atom stereocenters. The van der Waals surface area contributed by atoms with Crippen LogP contribution in [0.2, 0.25) is 0 Å². The second-order valence-electron chi connectivity index (χ2n) is 22.4. The van der Waals surface area contributed by atoms with Gasteiger partial charge in [0.05, 0.1) is 30.5 Å². The van der Waals surface area contributed by atoms with Crippen LogP contribution < -0.4 is 5.32 Å². The molecule has 0 aromatic rings. The summed E-state index contributed by atoms with van der Waals surface area (Å²) >= 11 is 0. The van der Waals surface area contributed by atoms with E-state index in [1.807, 2.05) is 20.8 Å². The average molecular weight is 869 g/mol. The average Bonchev–Trinajstić information content (AvgIpc) is 3.48. The lowest BCUT2D eigenvalue weighted by molar-refractivity contribution is -0.246. The summed E-state index contributed by atoms with van der Waals surface area (Å²) in [5, 5.41) is 13.5. The predicted molar refractivity (Wildman–Crippen MR) is 229 cm³/mol. The first-order valence-electron chi connectivity index (χ1n) is 22.5. The van der Waals surface area contributed by atoms with Crippen molar-refractivity contribution >= 4 is 29.4 Å². The number of carbonyl (C=O) groups excluding carboxylic acids is 1. The molecule has 0 radical (unpaired) electrons. The number of carbonyl (C=O) groups is 2. The largest absolute Gasteiger partial charge is 0.481 e. The maximum absolute atomic E-state index is 13.3. The molecule has 0 spiro atoms. The summed E-state index contributed by atoms with van der Waals surface area (Å²) < 4.78 is 48.8. The van der Waals surface area contributed by atoms with Crippen LogP contribution in [-0.4, -0.2) is 101 Å². The number of esters is 1. The molecular formula is C45H77N2O10PS. The summed E-state index contributed by atoms with van der Waals surface area (Å²) in [6.45, 7) is 25.9. The zero-order valence-corrected chi connectivity index (χ0v) is 39.3. The monoisotopic (exact) mass is 869 g/mol. The topological polar surface area (TPSA) is 180 Å². The van der Waals surface area contributed by atoms with Gasteiger partial charge in [-0.3, -0.25) is 19.1 Å². The van der Waals surface area contributed by atoms with Crippen molar-refractivity contribution in [2.75, 3.05) is 37.5 Å². The summed E-state index contributed by atoms with van der Waals surface area (Å²) in [5.41, 5.74) is 0.511. The zero-order chi connectivity index (χ0) is 43.8. The molecule has 12 nitrogen and oxygen atoms in total. The Labute approximate surface area is 354 Å². The van der Waals surface area contributed by atoms with Crippen LogP contribution in [-0.2, 0) is 33.5 Å². The van der Waals surface area contributed by atoms with E-state index in [4.69, 9.17) is 9.47 Å². The van der Waals surface area contributed by atoms with E-state index in [0.29, 0.717) is 49.2 Å². The molecule has 6 rings (SSSR count). The molecule has 2 unspecified atom stereocenters. The molecule has 59 heavy (non-hydrogen) atoms. The number of rotatable bonds is 14. The van der Waals surface area contributed by atoms with E-state index in [2.05, 4.69) is 58.3 Å². The number of carboxylic acid groups (broad SMARTS) is 1. The van der Waals surface area contributed by atoms with Gasteiger partial charge in [-0.15, -0.1) is 0 Å². The Morgan fingerprint density at radius 3 is 2.19 bits per heavy atom. The van der Waals surface area contributed by atoms with Gasteiger partial charge in [-0.1, -0.05) is 60.6 Å². The quantitative estimate of drug-likeness (QED) is 0.0772. The van der Waals surface area contributed by atoms with Crippen molar-refractivity contribution in [2.24, 2.45) is 56.7 Å². The Bertz CT molecular complexity index is 1770. The number of nitrogens with one attached hydrogen (secondary N) is 1. The highest BCUT2D eigenvalue weighted by atomic mass is 32.2. The van der Waals surface area contributed by atoms with Crippen molar-refractivity contribution in [1.82, 2.24) is 10.2 Å². The minimum atomic E-state index is -4.39. The summed E-state index contributed by atoms with van der Waals surface area (Å²) in [6, 6.07) is -0.248. The number of hydrogen-bond donors (Lipinski definition) is 4. The van der Waals surface area contributed by atoms with Crippen LogP contribution in [0.4, 0.5) is 0 Å². The fraction of sp³-hybridized carbons (Fsp3) is 0.911. The molecule has 6 fully saturated rings. The maximum atomic E-state index is 13.3. The highest BCUT2D eigenvalue weighted by Gasteiger charge is 2.71. The zero-order valence-electron chi connectivity index (χ0n) is 37.6. The number of nitrogens with zero attached hydrogens (tertiary/aromatic N) is 1. The van der Waals surface area contributed by atoms with Crippen LogP contribution in [0.3, 0.4) is 0 Å². The number of allylic oxidation sites excluding steroid dienone is 1. The summed E-state index contributed by atoms with van der Waals surface area (Å²) in [7, 11) is -7.51. The molecule has 0 aromatic carbocycles. The van der Waals surface area contributed by atoms with Gasteiger partial charge in [-0.2, -0.15) is 0 Å². The van der Waals surface area contributed by atoms with Gasteiger partial charge in [0.1, 0.15) is 12.5 Å². The van der Waals surface area contributed by atoms with E-state index in [1.54, 1.807) is 0 Å². The van der Waals surface area contributed by atoms with Gasteiger partial charge in [-0.05, 0) is 129 Å². The molecule has 0 amide bonds. The summed E-state index contributed by atoms with van der Waals surface area (Å²) in [6.07, 6.45) is 9.16. The normalized spacial score (nSPS) is 40.4. The molecular weight excluding hydrogens is 792 g/mol. The van der Waals surface area contributed by atoms with E-state index in [-0.39, 0.29) is 69.7 Å². The second kappa shape index (κ2) is 16.3. The Morgan fingerprint density at radius 1 is 0.915 bits per heavy atom. The minimum absolute atomic E-state index is 0.0656. The van der Waals surface area contributed by atoms with Gasteiger partial charge in [0.25, 0.3) is 0 Å². The maximum Gasteiger partial charge on any atom is 0.350 e. The molecule has 1 aliphatic heterocycles. The molecule has 5 saturated carbocycles. The molecule has 0 bridgehead atoms. The second-order valence-corrected chi connectivity index (χ2v) is 26.3. The number of fused-ring (bicyclic) bond motifs is 7. The Kier molecular flexibility index (Phi) is 13.1. The van der Waals surface area contributed by atoms with Crippen molar-refractivity contribution in [3.8, 4) is 0 Å². The van der Waals surface area contributed by atoms with Crippen LogP contribution in [0.1, 0.15) is 139 Å². The molecule has 5 aliphatic carbocycles. The summed E-state index contributed by atoms with van der Waals surface area (Å²) in [4.78, 5) is 46.2. The Hall–Kier alpha value is -1.34. The van der Waals surface area contributed by atoms with Crippen molar-refractivity contribution in [1.29, 1.82) is 0 Å². The van der Waals surface area contributed by atoms with Crippen molar-refractivity contribution < 1.29 is 46.9 Å². The van der Waals surface area contributed by atoms with Crippen molar-refractivity contribution in [2.45, 2.75) is 163 Å². The SMILES string of the molecule is C=C(C)[C@@H]1CC[C@]2(NCC(C(C)OCP(=O)(O)O)N3CCS(=O)(=O)CC3)CC[C@]3(C)[C@H](CC[C@@H]4[C@@]5(C)CC[C@H](OC(=O)CC(C)(C)CC(=O)O)C(C)(C)[C@@H]5CC[C@]43C)[C@@H]12. The van der Waals surface area contributed by atoms with E-state index in [9.17, 15) is 37.5 Å². The number of carboxylic acids is 1. The lowest BCUT2D eigenvalue weighted by Gasteiger charge is -2.73. The number of aliphatic carboxylic acids is 1. The van der Waals surface area contributed by atoms with Crippen molar-refractivity contribution in [3.05, 3.63) is 12.2 Å². The third kappa shape index (κ3) is 8.93. The predicted octanol–water partition coefficient (Wildman–Crippen LogP) is 7.43. The molecule has 0 aromatic heterocycles. The van der Waals surface area contributed by atoms with Gasteiger partial charge in [0.15, 0.2) is 9.84 Å². The van der Waals surface area contributed by atoms with Gasteiger partial charge in [-0.25, -0.2) is 8.42 Å². The molecule has 338 valence electrons. The highest BCUT2D eigenvalue weighted by molar-refractivity contribution is 7.91. The van der Waals surface area contributed by atoms with Gasteiger partial charge < -0.3 is 29.7 Å². The standard InChI is InChI=1S/C45H77N2O10PS/c1-29(2)31-13-18-45(46-27-33(30(3)56-28-58(51,52)53)47-21-23-59(54,55)24-22-47)20-19-43(9)32(39(31)45)11-12-35-42(8)16-15-36(41(6,7)34(42)14-17-44(35,43)10)57-38(50)26-40(4,5)25-37(48)49/h30-36,39,46H,1,11-28H2,2-10H3,(H,48,49)(H2,51,52,53)/t30?,31-,32+,33?,34-,35+,36-,39+,42-,43+,44+,45-/m0/s1. The minimum Gasteiger partial charge on any atom is -0.481 e. The highest BCUT2D eigenvalue weighted by Crippen LogP contribution is 2.76. The van der Waals surface area contributed by atoms with E-state index in [1.165, 1.54) is 5.57 Å². The Balaban J connectivity index is 1.23. The van der Waals surface area contributed by atoms with Gasteiger partial charge in [0.2, 0.25) is 0 Å². The molecule has 1 heterocycles. The van der Waals surface area contributed by atoms with Gasteiger partial charge >= 0.3 is 19.5 Å². The fourth-order valence-electron chi connectivity index (χ4n) is 15.0. The van der Waals surface area contributed by atoms with Crippen LogP contribution in [0.15, 0.2) is 12.2 Å². The number of ether oxygens (including phenoxy) is 2. The van der Waals surface area contributed by atoms with E-state index in [0.717, 1.165) is 64.2 Å². The van der Waals surface area contributed by atoms with Crippen LogP contribution in [0.5, 0.6) is 0 Å². The van der Waals surface area contributed by atoms with E-state index < -0.39 is 41.3 Å². The number of hydrogen-bond acceptors (Lipinski definition) is 9. The third-order valence-electron chi connectivity index (χ3n) is 18.1. The first-order chi connectivity index (χ1) is 27.1. The lowest BCUT2D eigenvalue weighted by Crippen LogP contribution is -2.69. The van der Waals surface area contributed by atoms with Crippen LogP contribution in [0.25, 0.3) is 0 Å². The lowest BCUT2D eigenvalue weighted by atomic mass is 9.32. The Morgan fingerprint density at radius 2 is 1.58 bits per heavy atom. The first-order valence-corrected chi connectivity index (χ1v) is 26.1. The molecule has 1 saturated heterocycles. The third-order valence-corrected chi connectivity index (χ3v) is 20.2. The smallest absolute Gasteiger partial charge is 0.350 e. The molecule has 14 heteroatoms. The summed E-state index contributed by atoms with van der Waals surface area (Å²) in [5.74, 6) is 1.09. The van der Waals surface area contributed by atoms with E-state index >= 15 is 0 Å². The van der Waals surface area contributed by atoms with Gasteiger partial charge in [0, 0.05) is 36.6 Å². The van der Waals surface area contributed by atoms with Crippen LogP contribution in [0, 0.1) is 56.7 Å². The molecule has 4 N–H and O–H groups in total.